The Bertz CT molecular complexity index is 509. The van der Waals surface area contributed by atoms with Gasteiger partial charge < -0.3 is 10.4 Å². The minimum atomic E-state index is -4.71. The Hall–Kier alpha value is -1.56. The standard InChI is InChI=1S/C12H12F3NO2/c1-11(2)7-5-6(9(17)12(13,14)15)3-4-8(7)16-10(11)18/h3-5,9,17H,1-2H3,(H,16,18). The molecule has 98 valence electrons. The lowest BCUT2D eigenvalue weighted by atomic mass is 9.85. The van der Waals surface area contributed by atoms with Crippen LogP contribution in [0.3, 0.4) is 0 Å². The molecule has 3 nitrogen and oxygen atoms in total. The van der Waals surface area contributed by atoms with Gasteiger partial charge in [0.15, 0.2) is 6.10 Å². The van der Waals surface area contributed by atoms with Crippen LogP contribution in [0.5, 0.6) is 0 Å². The SMILES string of the molecule is CC1(C)C(=O)Nc2ccc(C(O)C(F)(F)F)cc21. The maximum absolute atomic E-state index is 12.4. The van der Waals surface area contributed by atoms with Crippen LogP contribution in [0, 0.1) is 0 Å². The molecular weight excluding hydrogens is 247 g/mol. The molecule has 0 saturated heterocycles. The number of carbonyl (C=O) groups is 1. The quantitative estimate of drug-likeness (QED) is 0.814. The van der Waals surface area contributed by atoms with Crippen LogP contribution in [0.4, 0.5) is 18.9 Å². The van der Waals surface area contributed by atoms with Gasteiger partial charge in [0.05, 0.1) is 5.41 Å². The highest BCUT2D eigenvalue weighted by molar-refractivity contribution is 6.05. The molecule has 1 unspecified atom stereocenters. The Labute approximate surface area is 102 Å². The highest BCUT2D eigenvalue weighted by Gasteiger charge is 2.42. The van der Waals surface area contributed by atoms with Crippen LogP contribution in [0.25, 0.3) is 0 Å². The van der Waals surface area contributed by atoms with E-state index in [9.17, 15) is 23.1 Å². The van der Waals surface area contributed by atoms with Crippen molar-refractivity contribution in [3.63, 3.8) is 0 Å². The second-order valence-electron chi connectivity index (χ2n) is 4.83. The van der Waals surface area contributed by atoms with Crippen LogP contribution in [0.2, 0.25) is 0 Å². The Morgan fingerprint density at radius 3 is 2.50 bits per heavy atom. The zero-order chi connectivity index (χ0) is 13.7. The fourth-order valence-electron chi connectivity index (χ4n) is 1.95. The summed E-state index contributed by atoms with van der Waals surface area (Å²) in [5.74, 6) is -0.267. The lowest BCUT2D eigenvalue weighted by molar-refractivity contribution is -0.206. The van der Waals surface area contributed by atoms with E-state index >= 15 is 0 Å². The monoisotopic (exact) mass is 259 g/mol. The van der Waals surface area contributed by atoms with Crippen LogP contribution in [0.15, 0.2) is 18.2 Å². The maximum Gasteiger partial charge on any atom is 0.418 e. The molecule has 1 aromatic rings. The van der Waals surface area contributed by atoms with E-state index in [0.29, 0.717) is 11.3 Å². The third-order valence-electron chi connectivity index (χ3n) is 3.16. The number of aliphatic hydroxyl groups is 1. The van der Waals surface area contributed by atoms with Crippen molar-refractivity contribution in [1.82, 2.24) is 0 Å². The van der Waals surface area contributed by atoms with Crippen LogP contribution in [-0.2, 0) is 10.2 Å². The number of aliphatic hydroxyl groups excluding tert-OH is 1. The number of rotatable bonds is 1. The van der Waals surface area contributed by atoms with E-state index < -0.39 is 17.7 Å². The molecule has 1 heterocycles. The number of carbonyl (C=O) groups excluding carboxylic acids is 1. The number of benzene rings is 1. The molecule has 0 aliphatic carbocycles. The van der Waals surface area contributed by atoms with E-state index in [1.54, 1.807) is 13.8 Å². The van der Waals surface area contributed by atoms with E-state index in [0.717, 1.165) is 0 Å². The fourth-order valence-corrected chi connectivity index (χ4v) is 1.95. The average molecular weight is 259 g/mol. The first-order valence-corrected chi connectivity index (χ1v) is 5.34. The Morgan fingerprint density at radius 1 is 1.33 bits per heavy atom. The number of fused-ring (bicyclic) bond motifs is 1. The van der Waals surface area contributed by atoms with Gasteiger partial charge in [0.25, 0.3) is 0 Å². The summed E-state index contributed by atoms with van der Waals surface area (Å²) in [6.45, 7) is 3.25. The number of amides is 1. The molecule has 0 bridgehead atoms. The average Bonchev–Trinajstić information content (AvgIpc) is 2.48. The van der Waals surface area contributed by atoms with E-state index in [1.807, 2.05) is 0 Å². The highest BCUT2D eigenvalue weighted by atomic mass is 19.4. The molecular formula is C12H12F3NO2. The van der Waals surface area contributed by atoms with E-state index in [1.165, 1.54) is 18.2 Å². The largest absolute Gasteiger partial charge is 0.418 e. The minimum absolute atomic E-state index is 0.258. The Kier molecular flexibility index (Phi) is 2.66. The Balaban J connectivity index is 2.47. The third kappa shape index (κ3) is 1.86. The first kappa shape index (κ1) is 12.9. The number of hydrogen-bond donors (Lipinski definition) is 2. The van der Waals surface area contributed by atoms with Crippen molar-refractivity contribution in [1.29, 1.82) is 0 Å². The summed E-state index contributed by atoms with van der Waals surface area (Å²) in [4.78, 5) is 11.6. The van der Waals surface area contributed by atoms with Gasteiger partial charge in [-0.25, -0.2) is 0 Å². The fraction of sp³-hybridized carbons (Fsp3) is 0.417. The molecule has 1 aliphatic rings. The van der Waals surface area contributed by atoms with Crippen molar-refractivity contribution in [2.75, 3.05) is 5.32 Å². The van der Waals surface area contributed by atoms with Gasteiger partial charge in [-0.1, -0.05) is 6.07 Å². The van der Waals surface area contributed by atoms with Gasteiger partial charge in [0.1, 0.15) is 0 Å². The molecule has 2 N–H and O–H groups in total. The first-order chi connectivity index (χ1) is 8.14. The second kappa shape index (κ2) is 3.71. The predicted octanol–water partition coefficient (Wildman–Crippen LogP) is 2.51. The first-order valence-electron chi connectivity index (χ1n) is 5.34. The summed E-state index contributed by atoms with van der Waals surface area (Å²) in [5, 5.41) is 11.8. The van der Waals surface area contributed by atoms with Crippen LogP contribution in [-0.4, -0.2) is 17.2 Å². The molecule has 2 rings (SSSR count). The number of nitrogens with one attached hydrogen (secondary N) is 1. The summed E-state index contributed by atoms with van der Waals surface area (Å²) < 4.78 is 37.3. The lowest BCUT2D eigenvalue weighted by Gasteiger charge is -2.19. The molecule has 1 amide bonds. The van der Waals surface area contributed by atoms with Gasteiger partial charge in [-0.2, -0.15) is 13.2 Å². The van der Waals surface area contributed by atoms with Gasteiger partial charge in [-0.3, -0.25) is 4.79 Å². The molecule has 0 spiro atoms. The summed E-state index contributed by atoms with van der Waals surface area (Å²) >= 11 is 0. The van der Waals surface area contributed by atoms with E-state index in [4.69, 9.17) is 0 Å². The minimum Gasteiger partial charge on any atom is -0.379 e. The van der Waals surface area contributed by atoms with Gasteiger partial charge in [-0.05, 0) is 37.1 Å². The van der Waals surface area contributed by atoms with Crippen molar-refractivity contribution < 1.29 is 23.1 Å². The summed E-state index contributed by atoms with van der Waals surface area (Å²) in [6.07, 6.45) is -7.25. The number of anilines is 1. The summed E-state index contributed by atoms with van der Waals surface area (Å²) in [7, 11) is 0. The van der Waals surface area contributed by atoms with Crippen molar-refractivity contribution in [2.24, 2.45) is 0 Å². The zero-order valence-electron chi connectivity index (χ0n) is 9.80. The van der Waals surface area contributed by atoms with Crippen molar-refractivity contribution >= 4 is 11.6 Å². The van der Waals surface area contributed by atoms with Gasteiger partial charge >= 0.3 is 6.18 Å². The normalized spacial score (nSPS) is 19.3. The zero-order valence-corrected chi connectivity index (χ0v) is 9.80. The molecule has 1 aliphatic heterocycles. The molecule has 0 fully saturated rings. The third-order valence-corrected chi connectivity index (χ3v) is 3.16. The van der Waals surface area contributed by atoms with Crippen molar-refractivity contribution in [2.45, 2.75) is 31.5 Å². The molecule has 6 heteroatoms. The predicted molar refractivity (Wildman–Crippen MR) is 59.1 cm³/mol. The number of hydrogen-bond acceptors (Lipinski definition) is 2. The molecule has 1 atom stereocenters. The second-order valence-corrected chi connectivity index (χ2v) is 4.83. The molecule has 0 aromatic heterocycles. The molecule has 0 saturated carbocycles. The van der Waals surface area contributed by atoms with E-state index in [2.05, 4.69) is 5.32 Å². The molecule has 18 heavy (non-hydrogen) atoms. The topological polar surface area (TPSA) is 49.3 Å². The van der Waals surface area contributed by atoms with Gasteiger partial charge in [0.2, 0.25) is 5.91 Å². The van der Waals surface area contributed by atoms with Gasteiger partial charge in [0, 0.05) is 5.69 Å². The smallest absolute Gasteiger partial charge is 0.379 e. The van der Waals surface area contributed by atoms with Crippen molar-refractivity contribution in [3.05, 3.63) is 29.3 Å². The molecule has 0 radical (unpaired) electrons. The van der Waals surface area contributed by atoms with Crippen LogP contribution in [0.1, 0.15) is 31.1 Å². The summed E-state index contributed by atoms with van der Waals surface area (Å²) in [5.41, 5.74) is -0.196. The highest BCUT2D eigenvalue weighted by Crippen LogP contribution is 2.40. The summed E-state index contributed by atoms with van der Waals surface area (Å²) in [6, 6.07) is 3.77. The maximum atomic E-state index is 12.4. The number of alkyl halides is 3. The number of halogens is 3. The van der Waals surface area contributed by atoms with Crippen LogP contribution >= 0.6 is 0 Å². The Morgan fingerprint density at radius 2 is 1.94 bits per heavy atom. The lowest BCUT2D eigenvalue weighted by Crippen LogP contribution is -2.27. The van der Waals surface area contributed by atoms with Gasteiger partial charge in [-0.15, -0.1) is 0 Å². The van der Waals surface area contributed by atoms with Crippen LogP contribution < -0.4 is 5.32 Å². The van der Waals surface area contributed by atoms with E-state index in [-0.39, 0.29) is 11.5 Å². The molecule has 1 aromatic carbocycles. The van der Waals surface area contributed by atoms with Crippen molar-refractivity contribution in [3.8, 4) is 0 Å².